The van der Waals surface area contributed by atoms with Crippen molar-refractivity contribution in [1.29, 1.82) is 0 Å². The molecule has 5 N–H and O–H groups in total. The van der Waals surface area contributed by atoms with Crippen LogP contribution in [-0.4, -0.2) is 103 Å². The SMILES string of the molecule is Cn1nc(C2CCC(=O)NC2=O)c2ccc(C3CCN(C(=O)Nc4cccc(CSN5CC[C@@H](Nc6cccc(-c7sc(C(=O)O)c(OCC(=O)O)c7Cl)c6)CC5(C)C)c4)CC3(F)F)cc21. The molecule has 0 spiro atoms. The van der Waals surface area contributed by atoms with Crippen molar-refractivity contribution in [2.45, 2.75) is 81.0 Å². The van der Waals surface area contributed by atoms with E-state index in [1.165, 1.54) is 0 Å². The highest BCUT2D eigenvalue weighted by Gasteiger charge is 2.47. The molecule has 4 amide bonds. The minimum atomic E-state index is -3.22. The van der Waals surface area contributed by atoms with E-state index in [2.05, 4.69) is 39.2 Å². The lowest BCUT2D eigenvalue weighted by atomic mass is 9.85. The maximum Gasteiger partial charge on any atom is 0.349 e. The normalized spacial score (nSPS) is 20.8. The molecule has 0 saturated carbocycles. The standard InChI is InChI=1S/C46H48ClF2N7O8S2/c1-45(2)21-30(50-29-9-5-7-27(19-29)40-37(47)39(64-22-36(58)59)41(66-40)43(61)62)14-17-56(45)65-23-25-6-4-8-28(18-25)51-44(63)55-16-15-33(46(48,49)24-55)26-10-11-31-34(20-26)54(3)53-38(31)32-12-13-35(57)52-42(32)60/h4-11,18-20,30,32-33,50H,12-17,21-24H2,1-3H3,(H,51,63)(H,58,59)(H,61,62)(H,52,57,60)/t30-,32?,33?/m1/s1. The number of carbonyl (C=O) groups is 5. The number of piperidine rings is 3. The van der Waals surface area contributed by atoms with Crippen LogP contribution >= 0.6 is 34.9 Å². The number of alkyl halides is 2. The van der Waals surface area contributed by atoms with Gasteiger partial charge in [0.15, 0.2) is 17.2 Å². The van der Waals surface area contributed by atoms with Crippen molar-refractivity contribution in [2.75, 3.05) is 36.9 Å². The molecule has 5 aromatic rings. The summed E-state index contributed by atoms with van der Waals surface area (Å²) in [6.45, 7) is 3.77. The summed E-state index contributed by atoms with van der Waals surface area (Å²) < 4.78 is 41.0. The van der Waals surface area contributed by atoms with Crippen molar-refractivity contribution in [3.8, 4) is 16.2 Å². The number of nitrogens with one attached hydrogen (secondary N) is 3. The maximum absolute atomic E-state index is 15.9. The number of aryl methyl sites for hydroxylation is 1. The lowest BCUT2D eigenvalue weighted by molar-refractivity contribution is -0.139. The molecule has 3 saturated heterocycles. The van der Waals surface area contributed by atoms with Crippen molar-refractivity contribution < 1.29 is 47.7 Å². The molecular formula is C46H48ClF2N7O8S2. The van der Waals surface area contributed by atoms with Gasteiger partial charge < -0.3 is 30.5 Å². The number of halogens is 3. The summed E-state index contributed by atoms with van der Waals surface area (Å²) in [7, 11) is 1.70. The molecule has 3 fully saturated rings. The number of nitrogens with zero attached hydrogens (tertiary/aromatic N) is 4. The molecule has 15 nitrogen and oxygen atoms in total. The van der Waals surface area contributed by atoms with Crippen LogP contribution in [0.15, 0.2) is 66.7 Å². The number of ether oxygens (including phenoxy) is 1. The summed E-state index contributed by atoms with van der Waals surface area (Å²) in [6, 6.07) is 19.4. The highest BCUT2D eigenvalue weighted by atomic mass is 35.5. The van der Waals surface area contributed by atoms with Gasteiger partial charge in [-0.15, -0.1) is 11.3 Å². The topological polar surface area (TPSA) is 195 Å². The molecule has 0 bridgehead atoms. The van der Waals surface area contributed by atoms with E-state index in [-0.39, 0.29) is 52.5 Å². The van der Waals surface area contributed by atoms with E-state index < -0.39 is 54.8 Å². The number of benzene rings is 3. The Morgan fingerprint density at radius 3 is 2.52 bits per heavy atom. The Hall–Kier alpha value is -5.76. The average Bonchev–Trinajstić information content (AvgIpc) is 3.77. The smallest absolute Gasteiger partial charge is 0.349 e. The van der Waals surface area contributed by atoms with Crippen molar-refractivity contribution in [3.05, 3.63) is 93.5 Å². The third-order valence-corrected chi connectivity index (χ3v) is 15.4. The number of anilines is 2. The van der Waals surface area contributed by atoms with Gasteiger partial charge in [-0.25, -0.2) is 27.5 Å². The first kappa shape index (κ1) is 46.8. The van der Waals surface area contributed by atoms with Crippen LogP contribution in [0.4, 0.5) is 25.0 Å². The Labute approximate surface area is 391 Å². The molecule has 3 atom stereocenters. The molecule has 3 aliphatic heterocycles. The molecule has 5 heterocycles. The number of aliphatic carboxylic acids is 1. The molecule has 66 heavy (non-hydrogen) atoms. The average molecular weight is 965 g/mol. The number of urea groups is 1. The van der Waals surface area contributed by atoms with Crippen LogP contribution in [0.2, 0.25) is 5.02 Å². The number of carboxylic acids is 2. The van der Waals surface area contributed by atoms with Gasteiger partial charge in [0.05, 0.1) is 34.5 Å². The molecule has 348 valence electrons. The molecule has 3 aromatic carbocycles. The third kappa shape index (κ3) is 9.99. The van der Waals surface area contributed by atoms with Crippen LogP contribution in [0.1, 0.15) is 84.3 Å². The summed E-state index contributed by atoms with van der Waals surface area (Å²) in [5, 5.41) is 32.8. The van der Waals surface area contributed by atoms with Crippen LogP contribution in [0.3, 0.4) is 0 Å². The number of aromatic nitrogens is 2. The van der Waals surface area contributed by atoms with Crippen LogP contribution in [0, 0.1) is 0 Å². The van der Waals surface area contributed by atoms with Crippen LogP contribution < -0.4 is 20.7 Å². The van der Waals surface area contributed by atoms with Crippen molar-refractivity contribution in [2.24, 2.45) is 7.05 Å². The number of aromatic carboxylic acids is 1. The molecule has 3 aliphatic rings. The number of hydrogen-bond acceptors (Lipinski definition) is 11. The highest BCUT2D eigenvalue weighted by molar-refractivity contribution is 7.96. The molecule has 2 aromatic heterocycles. The minimum Gasteiger partial charge on any atom is -0.479 e. The Kier molecular flexibility index (Phi) is 13.4. The molecule has 8 rings (SSSR count). The first-order valence-corrected chi connectivity index (χ1v) is 23.5. The zero-order valence-electron chi connectivity index (χ0n) is 36.2. The van der Waals surface area contributed by atoms with E-state index in [1.54, 1.807) is 54.0 Å². The highest BCUT2D eigenvalue weighted by Crippen LogP contribution is 2.47. The zero-order valence-corrected chi connectivity index (χ0v) is 38.6. The van der Waals surface area contributed by atoms with Crippen LogP contribution in [0.25, 0.3) is 21.3 Å². The monoisotopic (exact) mass is 963 g/mol. The molecule has 0 aliphatic carbocycles. The van der Waals surface area contributed by atoms with Crippen LogP contribution in [-0.2, 0) is 27.2 Å². The van der Waals surface area contributed by atoms with Crippen LogP contribution in [0.5, 0.6) is 5.75 Å². The number of carboxylic acid groups (broad SMARTS) is 2. The number of likely N-dealkylation sites (tertiary alicyclic amines) is 1. The van der Waals surface area contributed by atoms with E-state index in [1.807, 2.05) is 36.4 Å². The summed E-state index contributed by atoms with van der Waals surface area (Å²) in [5.41, 5.74) is 4.27. The van der Waals surface area contributed by atoms with E-state index in [0.717, 1.165) is 46.9 Å². The van der Waals surface area contributed by atoms with Gasteiger partial charge in [0.25, 0.3) is 5.92 Å². The van der Waals surface area contributed by atoms with Crippen molar-refractivity contribution >= 4 is 86.9 Å². The van der Waals surface area contributed by atoms with E-state index in [9.17, 15) is 29.1 Å². The predicted octanol–water partition coefficient (Wildman–Crippen LogP) is 8.80. The largest absolute Gasteiger partial charge is 0.479 e. The first-order chi connectivity index (χ1) is 31.4. The summed E-state index contributed by atoms with van der Waals surface area (Å²) >= 11 is 9.13. The number of imide groups is 1. The fourth-order valence-electron chi connectivity index (χ4n) is 9.06. The Morgan fingerprint density at radius 2 is 1.79 bits per heavy atom. The Balaban J connectivity index is 0.843. The maximum atomic E-state index is 15.9. The number of amides is 4. The van der Waals surface area contributed by atoms with Gasteiger partial charge in [-0.1, -0.05) is 59.9 Å². The predicted molar refractivity (Wildman–Crippen MR) is 249 cm³/mol. The van der Waals surface area contributed by atoms with Gasteiger partial charge in [-0.2, -0.15) is 5.10 Å². The first-order valence-electron chi connectivity index (χ1n) is 21.4. The molecule has 20 heteroatoms. The van der Waals surface area contributed by atoms with Gasteiger partial charge in [-0.3, -0.25) is 19.6 Å². The minimum absolute atomic E-state index is 0.0408. The third-order valence-electron chi connectivity index (χ3n) is 12.3. The second-order valence-electron chi connectivity index (χ2n) is 17.4. The number of fused-ring (bicyclic) bond motifs is 1. The molecule has 2 unspecified atom stereocenters. The van der Waals surface area contributed by atoms with Gasteiger partial charge in [0.1, 0.15) is 5.02 Å². The quantitative estimate of drug-likeness (QED) is 0.0557. The van der Waals surface area contributed by atoms with E-state index in [0.29, 0.717) is 50.5 Å². The van der Waals surface area contributed by atoms with Gasteiger partial charge >= 0.3 is 18.0 Å². The lowest BCUT2D eigenvalue weighted by Gasteiger charge is -2.45. The summed E-state index contributed by atoms with van der Waals surface area (Å²) in [5.74, 6) is -7.78. The van der Waals surface area contributed by atoms with Gasteiger partial charge in [0.2, 0.25) is 11.8 Å². The molecule has 0 radical (unpaired) electrons. The number of rotatable bonds is 13. The lowest BCUT2D eigenvalue weighted by Crippen LogP contribution is -2.51. The van der Waals surface area contributed by atoms with E-state index >= 15 is 8.78 Å². The fraction of sp³-hybridized carbons (Fsp3) is 0.391. The fourth-order valence-corrected chi connectivity index (χ4v) is 11.6. The summed E-state index contributed by atoms with van der Waals surface area (Å²) in [6.07, 6.45) is 2.21. The van der Waals surface area contributed by atoms with Gasteiger partial charge in [-0.05, 0) is 86.6 Å². The molecular weight excluding hydrogens is 916 g/mol. The Bertz CT molecular complexity index is 2730. The van der Waals surface area contributed by atoms with Crippen molar-refractivity contribution in [3.63, 3.8) is 0 Å². The number of thiophene rings is 1. The zero-order chi connectivity index (χ0) is 47.1. The number of carbonyl (C=O) groups excluding carboxylic acids is 3. The Morgan fingerprint density at radius 1 is 1.02 bits per heavy atom. The second kappa shape index (κ2) is 18.9. The van der Waals surface area contributed by atoms with Crippen molar-refractivity contribution in [1.82, 2.24) is 24.3 Å². The van der Waals surface area contributed by atoms with Gasteiger partial charge in [0, 0.05) is 60.7 Å². The number of hydrogen-bond donors (Lipinski definition) is 5. The second-order valence-corrected chi connectivity index (χ2v) is 19.8. The summed E-state index contributed by atoms with van der Waals surface area (Å²) in [4.78, 5) is 62.1. The van der Waals surface area contributed by atoms with E-state index in [4.69, 9.17) is 21.4 Å².